The molecule has 10 heteroatoms. The monoisotopic (exact) mass is 464 g/mol. The minimum atomic E-state index is -1.55. The molecule has 1 N–H and O–H groups in total. The summed E-state index contributed by atoms with van der Waals surface area (Å²) in [5.74, 6) is -0.112. The first-order valence-electron chi connectivity index (χ1n) is 10.7. The van der Waals surface area contributed by atoms with Crippen LogP contribution in [0.3, 0.4) is 0 Å². The van der Waals surface area contributed by atoms with Crippen molar-refractivity contribution < 1.29 is 18.6 Å². The Morgan fingerprint density at radius 1 is 1.15 bits per heavy atom. The van der Waals surface area contributed by atoms with Crippen LogP contribution in [0.1, 0.15) is 41.3 Å². The topological polar surface area (TPSA) is 90.9 Å². The molecule has 34 heavy (non-hydrogen) atoms. The summed E-state index contributed by atoms with van der Waals surface area (Å²) < 4.78 is 36.1. The molecule has 1 aliphatic heterocycles. The van der Waals surface area contributed by atoms with Crippen molar-refractivity contribution in [2.24, 2.45) is 0 Å². The van der Waals surface area contributed by atoms with Gasteiger partial charge >= 0.3 is 0 Å². The van der Waals surface area contributed by atoms with Crippen molar-refractivity contribution in [1.29, 1.82) is 0 Å². The number of rotatable bonds is 5. The first kappa shape index (κ1) is 21.9. The smallest absolute Gasteiger partial charge is 0.180 e. The molecule has 0 spiro atoms. The average Bonchev–Trinajstić information content (AvgIpc) is 3.46. The van der Waals surface area contributed by atoms with Gasteiger partial charge in [-0.1, -0.05) is 6.07 Å². The van der Waals surface area contributed by atoms with Gasteiger partial charge in [-0.2, -0.15) is 5.10 Å². The highest BCUT2D eigenvalue weighted by Crippen LogP contribution is 2.37. The molecule has 1 aliphatic rings. The number of hydrogen-bond acceptors (Lipinski definition) is 6. The van der Waals surface area contributed by atoms with Crippen molar-refractivity contribution in [2.45, 2.75) is 31.9 Å². The summed E-state index contributed by atoms with van der Waals surface area (Å²) in [4.78, 5) is 13.2. The summed E-state index contributed by atoms with van der Waals surface area (Å²) in [5.41, 5.74) is 0.322. The van der Waals surface area contributed by atoms with Gasteiger partial charge in [0.2, 0.25) is 0 Å². The highest BCUT2D eigenvalue weighted by molar-refractivity contribution is 5.67. The lowest BCUT2D eigenvalue weighted by Gasteiger charge is -2.31. The van der Waals surface area contributed by atoms with Crippen LogP contribution in [0.25, 0.3) is 18.0 Å². The molecular formula is C24H22F2N6O2. The van der Waals surface area contributed by atoms with Crippen LogP contribution in [-0.4, -0.2) is 41.5 Å². The lowest BCUT2D eigenvalue weighted by atomic mass is 9.86. The third-order valence-electron chi connectivity index (χ3n) is 5.82. The number of halogens is 2. The molecule has 0 aliphatic carbocycles. The van der Waals surface area contributed by atoms with Gasteiger partial charge in [0.15, 0.2) is 34.9 Å². The van der Waals surface area contributed by atoms with Gasteiger partial charge in [-0.3, -0.25) is 4.57 Å². The summed E-state index contributed by atoms with van der Waals surface area (Å²) >= 11 is 0. The zero-order valence-corrected chi connectivity index (χ0v) is 18.6. The van der Waals surface area contributed by atoms with Crippen LogP contribution in [0.4, 0.5) is 8.78 Å². The molecule has 4 heterocycles. The van der Waals surface area contributed by atoms with Gasteiger partial charge < -0.3 is 9.84 Å². The van der Waals surface area contributed by atoms with Crippen molar-refractivity contribution >= 4 is 12.2 Å². The largest absolute Gasteiger partial charge is 0.493 e. The normalized spacial score (nSPS) is 17.8. The van der Waals surface area contributed by atoms with E-state index in [9.17, 15) is 13.9 Å². The number of hydrogen-bond donors (Lipinski definition) is 1. The van der Waals surface area contributed by atoms with Gasteiger partial charge in [-0.25, -0.2) is 28.4 Å². The summed E-state index contributed by atoms with van der Waals surface area (Å²) in [5, 5.41) is 15.8. The van der Waals surface area contributed by atoms with Crippen LogP contribution in [0.15, 0.2) is 43.0 Å². The molecule has 1 aromatic carbocycles. The highest BCUT2D eigenvalue weighted by Gasteiger charge is 2.40. The van der Waals surface area contributed by atoms with Gasteiger partial charge in [0, 0.05) is 18.9 Å². The first-order chi connectivity index (χ1) is 16.4. The molecule has 174 valence electrons. The molecule has 0 saturated heterocycles. The minimum Gasteiger partial charge on any atom is -0.493 e. The highest BCUT2D eigenvalue weighted by atomic mass is 19.2. The Hall–Kier alpha value is -3.92. The average molecular weight is 464 g/mol. The van der Waals surface area contributed by atoms with E-state index in [0.717, 1.165) is 23.4 Å². The molecule has 0 amide bonds. The van der Waals surface area contributed by atoms with Gasteiger partial charge in [0.1, 0.15) is 11.9 Å². The first-order valence-corrected chi connectivity index (χ1v) is 10.7. The Balaban J connectivity index is 1.44. The number of aromatic nitrogens is 6. The molecule has 3 aromatic heterocycles. The summed E-state index contributed by atoms with van der Waals surface area (Å²) in [7, 11) is 1.57. The maximum Gasteiger partial charge on any atom is 0.180 e. The molecule has 8 nitrogen and oxygen atoms in total. The van der Waals surface area contributed by atoms with Gasteiger partial charge in [-0.05, 0) is 61.2 Å². The summed E-state index contributed by atoms with van der Waals surface area (Å²) in [6.07, 6.45) is 9.65. The van der Waals surface area contributed by atoms with Crippen LogP contribution in [0.5, 0.6) is 5.75 Å². The van der Waals surface area contributed by atoms with E-state index in [1.807, 2.05) is 19.2 Å². The maximum atomic E-state index is 13.8. The fraction of sp³-hybridized carbons (Fsp3) is 0.250. The van der Waals surface area contributed by atoms with E-state index in [1.165, 1.54) is 6.07 Å². The molecule has 0 fully saturated rings. The Bertz CT molecular complexity index is 1400. The Kier molecular flexibility index (Phi) is 5.45. The molecule has 0 radical (unpaired) electrons. The second kappa shape index (κ2) is 8.45. The number of imidazole rings is 1. The predicted octanol–water partition coefficient (Wildman–Crippen LogP) is 3.65. The quantitative estimate of drug-likeness (QED) is 0.485. The van der Waals surface area contributed by atoms with Crippen molar-refractivity contribution in [3.05, 3.63) is 83.1 Å². The third kappa shape index (κ3) is 3.86. The molecule has 5 rings (SSSR count). The number of aliphatic hydroxyl groups is 1. The van der Waals surface area contributed by atoms with Crippen molar-refractivity contribution in [1.82, 2.24) is 29.3 Å². The fourth-order valence-electron chi connectivity index (χ4n) is 4.11. The second-order valence-corrected chi connectivity index (χ2v) is 8.16. The number of benzene rings is 1. The van der Waals surface area contributed by atoms with Crippen LogP contribution in [0, 0.1) is 18.6 Å². The Labute approximate surface area is 194 Å². The number of methoxy groups -OCH3 is 1. The van der Waals surface area contributed by atoms with E-state index in [2.05, 4.69) is 20.1 Å². The number of nitrogens with zero attached hydrogens (tertiary/aromatic N) is 6. The van der Waals surface area contributed by atoms with E-state index in [1.54, 1.807) is 41.0 Å². The Morgan fingerprint density at radius 2 is 2.00 bits per heavy atom. The van der Waals surface area contributed by atoms with Crippen molar-refractivity contribution in [3.63, 3.8) is 0 Å². The standard InChI is InChI=1S/C24H22F2N6O2/c1-15-13-31(14-28-15)22-20(34-2)10-16(12-27-22)4-7-21-29-23-24(33,8-3-9-32(23)30-21)17-5-6-18(25)19(26)11-17/h4-7,10-14,33H,3,8-9H2,1-2H3/b7-4+. The summed E-state index contributed by atoms with van der Waals surface area (Å²) in [6, 6.07) is 5.23. The van der Waals surface area contributed by atoms with Gasteiger partial charge in [0.05, 0.1) is 12.8 Å². The number of pyridine rings is 1. The van der Waals surface area contributed by atoms with Crippen LogP contribution < -0.4 is 4.74 Å². The van der Waals surface area contributed by atoms with E-state index in [4.69, 9.17) is 4.74 Å². The number of aryl methyl sites for hydroxylation is 2. The zero-order chi connectivity index (χ0) is 23.9. The van der Waals surface area contributed by atoms with Crippen molar-refractivity contribution in [2.75, 3.05) is 7.11 Å². The van der Waals surface area contributed by atoms with Crippen molar-refractivity contribution in [3.8, 4) is 11.6 Å². The molecule has 1 unspecified atom stereocenters. The van der Waals surface area contributed by atoms with Crippen LogP contribution in [0.2, 0.25) is 0 Å². The second-order valence-electron chi connectivity index (χ2n) is 8.16. The molecular weight excluding hydrogens is 442 g/mol. The van der Waals surface area contributed by atoms with E-state index in [-0.39, 0.29) is 5.56 Å². The molecule has 0 saturated carbocycles. The molecule has 4 aromatic rings. The number of fused-ring (bicyclic) bond motifs is 1. The SMILES string of the molecule is COc1cc(/C=C/c2nc3n(n2)CCCC3(O)c2ccc(F)c(F)c2)cnc1-n1cnc(C)c1. The Morgan fingerprint density at radius 3 is 2.74 bits per heavy atom. The fourth-order valence-corrected chi connectivity index (χ4v) is 4.11. The number of ether oxygens (including phenoxy) is 1. The van der Waals surface area contributed by atoms with E-state index < -0.39 is 17.2 Å². The lowest BCUT2D eigenvalue weighted by Crippen LogP contribution is -2.35. The van der Waals surface area contributed by atoms with E-state index in [0.29, 0.717) is 42.6 Å². The maximum absolute atomic E-state index is 13.8. The zero-order valence-electron chi connectivity index (χ0n) is 18.6. The molecule has 0 bridgehead atoms. The molecule has 1 atom stereocenters. The minimum absolute atomic E-state index is 0.245. The third-order valence-corrected chi connectivity index (χ3v) is 5.82. The van der Waals surface area contributed by atoms with Gasteiger partial charge in [-0.15, -0.1) is 0 Å². The lowest BCUT2D eigenvalue weighted by molar-refractivity contribution is 0.0391. The predicted molar refractivity (Wildman–Crippen MR) is 120 cm³/mol. The summed E-state index contributed by atoms with van der Waals surface area (Å²) in [6.45, 7) is 2.46. The van der Waals surface area contributed by atoms with E-state index >= 15 is 0 Å². The van der Waals surface area contributed by atoms with Crippen LogP contribution in [-0.2, 0) is 12.1 Å². The van der Waals surface area contributed by atoms with Crippen LogP contribution >= 0.6 is 0 Å². The van der Waals surface area contributed by atoms with Gasteiger partial charge in [0.25, 0.3) is 0 Å².